The zero-order chi connectivity index (χ0) is 17.0. The van der Waals surface area contributed by atoms with Crippen LogP contribution in [0.5, 0.6) is 5.75 Å². The largest absolute Gasteiger partial charge is 0.497 e. The number of methoxy groups -OCH3 is 1. The van der Waals surface area contributed by atoms with Gasteiger partial charge in [0.25, 0.3) is 0 Å². The minimum absolute atomic E-state index is 0.110. The highest BCUT2D eigenvalue weighted by atomic mass is 16.6. The number of rotatable bonds is 5. The van der Waals surface area contributed by atoms with Gasteiger partial charge in [0.2, 0.25) is 0 Å². The van der Waals surface area contributed by atoms with Crippen LogP contribution in [0.25, 0.3) is 0 Å². The van der Waals surface area contributed by atoms with Gasteiger partial charge in [-0.05, 0) is 45.4 Å². The Morgan fingerprint density at radius 2 is 1.86 bits per heavy atom. The van der Waals surface area contributed by atoms with E-state index in [0.717, 1.165) is 5.56 Å². The van der Waals surface area contributed by atoms with Gasteiger partial charge in [0.05, 0.1) is 7.11 Å². The van der Waals surface area contributed by atoms with Crippen molar-refractivity contribution in [2.45, 2.75) is 45.3 Å². The molecule has 0 saturated heterocycles. The molecule has 0 heterocycles. The number of carboxylic acids is 1. The molecular weight excluding hydrogens is 286 g/mol. The maximum Gasteiger partial charge on any atom is 0.408 e. The van der Waals surface area contributed by atoms with Crippen molar-refractivity contribution in [3.63, 3.8) is 0 Å². The zero-order valence-electron chi connectivity index (χ0n) is 13.6. The van der Waals surface area contributed by atoms with Crippen molar-refractivity contribution in [1.82, 2.24) is 5.32 Å². The van der Waals surface area contributed by atoms with Crippen LogP contribution in [-0.4, -0.2) is 35.4 Å². The van der Waals surface area contributed by atoms with E-state index in [2.05, 4.69) is 5.32 Å². The quantitative estimate of drug-likeness (QED) is 0.873. The Kier molecular flexibility index (Phi) is 5.41. The first-order valence-electron chi connectivity index (χ1n) is 6.93. The molecule has 1 rings (SSSR count). The van der Waals surface area contributed by atoms with Gasteiger partial charge in [-0.25, -0.2) is 9.59 Å². The number of carboxylic acid groups (broad SMARTS) is 1. The third-order valence-corrected chi connectivity index (χ3v) is 2.94. The average Bonchev–Trinajstić information content (AvgIpc) is 2.36. The highest BCUT2D eigenvalue weighted by molar-refractivity contribution is 5.84. The van der Waals surface area contributed by atoms with Crippen LogP contribution in [0.2, 0.25) is 0 Å². The highest BCUT2D eigenvalue weighted by Gasteiger charge is 2.36. The number of hydrogen-bond acceptors (Lipinski definition) is 4. The molecule has 22 heavy (non-hydrogen) atoms. The molecule has 0 saturated carbocycles. The number of ether oxygens (including phenoxy) is 2. The van der Waals surface area contributed by atoms with E-state index in [-0.39, 0.29) is 6.42 Å². The van der Waals surface area contributed by atoms with Crippen molar-refractivity contribution in [3.05, 3.63) is 29.8 Å². The summed E-state index contributed by atoms with van der Waals surface area (Å²) in [7, 11) is 1.54. The minimum atomic E-state index is -1.48. The van der Waals surface area contributed by atoms with Crippen LogP contribution in [0, 0.1) is 0 Å². The van der Waals surface area contributed by atoms with Gasteiger partial charge in [-0.1, -0.05) is 12.1 Å². The van der Waals surface area contributed by atoms with Crippen LogP contribution < -0.4 is 10.1 Å². The van der Waals surface area contributed by atoms with Gasteiger partial charge in [0.15, 0.2) is 0 Å². The van der Waals surface area contributed by atoms with Crippen LogP contribution in [-0.2, 0) is 16.0 Å². The number of nitrogens with one attached hydrogen (secondary N) is 1. The minimum Gasteiger partial charge on any atom is -0.497 e. The molecule has 6 nitrogen and oxygen atoms in total. The molecule has 0 aliphatic carbocycles. The van der Waals surface area contributed by atoms with Crippen molar-refractivity contribution in [1.29, 1.82) is 0 Å². The monoisotopic (exact) mass is 309 g/mol. The maximum absolute atomic E-state index is 11.9. The molecule has 122 valence electrons. The van der Waals surface area contributed by atoms with E-state index < -0.39 is 23.2 Å². The fourth-order valence-electron chi connectivity index (χ4n) is 1.89. The SMILES string of the molecule is COc1cccc(C[C@@](C)(NC(=O)OC(C)(C)C)C(=O)O)c1. The van der Waals surface area contributed by atoms with Crippen LogP contribution in [0.15, 0.2) is 24.3 Å². The van der Waals surface area contributed by atoms with Gasteiger partial charge in [-0.2, -0.15) is 0 Å². The Hall–Kier alpha value is -2.24. The standard InChI is InChI=1S/C16H23NO5/c1-15(2,3)22-14(20)17-16(4,13(18)19)10-11-7-6-8-12(9-11)21-5/h6-9H,10H2,1-5H3,(H,17,20)(H,18,19)/t16-/m1/s1. The van der Waals surface area contributed by atoms with Gasteiger partial charge in [-0.15, -0.1) is 0 Å². The summed E-state index contributed by atoms with van der Waals surface area (Å²) in [5.74, 6) is -0.510. The number of carbonyl (C=O) groups excluding carboxylic acids is 1. The first-order valence-corrected chi connectivity index (χ1v) is 6.93. The zero-order valence-corrected chi connectivity index (χ0v) is 13.6. The molecule has 0 aliphatic rings. The molecule has 0 aliphatic heterocycles. The molecular formula is C16H23NO5. The second-order valence-corrected chi connectivity index (χ2v) is 6.29. The first-order chi connectivity index (χ1) is 10.1. The Labute approximate surface area is 130 Å². The second kappa shape index (κ2) is 6.68. The second-order valence-electron chi connectivity index (χ2n) is 6.29. The van der Waals surface area contributed by atoms with E-state index >= 15 is 0 Å². The van der Waals surface area contributed by atoms with Crippen molar-refractivity contribution >= 4 is 12.1 Å². The van der Waals surface area contributed by atoms with Crippen LogP contribution >= 0.6 is 0 Å². The van der Waals surface area contributed by atoms with Crippen LogP contribution in [0.1, 0.15) is 33.3 Å². The number of alkyl carbamates (subject to hydrolysis) is 1. The lowest BCUT2D eigenvalue weighted by Gasteiger charge is -2.28. The number of hydrogen-bond donors (Lipinski definition) is 2. The normalized spacial score (nSPS) is 13.9. The van der Waals surface area contributed by atoms with Gasteiger partial charge in [0.1, 0.15) is 16.9 Å². The predicted molar refractivity (Wildman–Crippen MR) is 82.1 cm³/mol. The van der Waals surface area contributed by atoms with E-state index in [0.29, 0.717) is 5.75 Å². The number of carbonyl (C=O) groups is 2. The molecule has 0 aromatic heterocycles. The fraction of sp³-hybridized carbons (Fsp3) is 0.500. The number of amides is 1. The maximum atomic E-state index is 11.9. The van der Waals surface area contributed by atoms with Gasteiger partial charge in [-0.3, -0.25) is 0 Å². The Bertz CT molecular complexity index is 550. The van der Waals surface area contributed by atoms with E-state index in [9.17, 15) is 14.7 Å². The van der Waals surface area contributed by atoms with Gasteiger partial charge in [0, 0.05) is 6.42 Å². The Morgan fingerprint density at radius 3 is 2.36 bits per heavy atom. The van der Waals surface area contributed by atoms with Crippen LogP contribution in [0.4, 0.5) is 4.79 Å². The molecule has 0 radical (unpaired) electrons. The smallest absolute Gasteiger partial charge is 0.408 e. The summed E-state index contributed by atoms with van der Waals surface area (Å²) in [4.78, 5) is 23.5. The van der Waals surface area contributed by atoms with Crippen LogP contribution in [0.3, 0.4) is 0 Å². The lowest BCUT2D eigenvalue weighted by Crippen LogP contribution is -2.54. The topological polar surface area (TPSA) is 84.9 Å². The molecule has 0 fully saturated rings. The summed E-state index contributed by atoms with van der Waals surface area (Å²) in [5.41, 5.74) is -1.44. The third-order valence-electron chi connectivity index (χ3n) is 2.94. The van der Waals surface area contributed by atoms with Gasteiger partial charge < -0.3 is 19.9 Å². The molecule has 0 spiro atoms. The molecule has 2 N–H and O–H groups in total. The van der Waals surface area contributed by atoms with Crippen molar-refractivity contribution in [3.8, 4) is 5.75 Å². The fourth-order valence-corrected chi connectivity index (χ4v) is 1.89. The molecule has 1 amide bonds. The van der Waals surface area contributed by atoms with E-state index in [1.165, 1.54) is 14.0 Å². The Balaban J connectivity index is 2.91. The van der Waals surface area contributed by atoms with Crippen molar-refractivity contribution in [2.24, 2.45) is 0 Å². The number of aliphatic carboxylic acids is 1. The summed E-state index contributed by atoms with van der Waals surface area (Å²) < 4.78 is 10.2. The Morgan fingerprint density at radius 1 is 1.23 bits per heavy atom. The summed E-state index contributed by atoms with van der Waals surface area (Å²) in [5, 5.41) is 11.9. The summed E-state index contributed by atoms with van der Waals surface area (Å²) in [6, 6.07) is 7.05. The van der Waals surface area contributed by atoms with Gasteiger partial charge >= 0.3 is 12.1 Å². The molecule has 0 bridgehead atoms. The molecule has 1 aromatic rings. The lowest BCUT2D eigenvalue weighted by atomic mass is 9.93. The highest BCUT2D eigenvalue weighted by Crippen LogP contribution is 2.19. The molecule has 6 heteroatoms. The lowest BCUT2D eigenvalue weighted by molar-refractivity contribution is -0.144. The van der Waals surface area contributed by atoms with Crippen molar-refractivity contribution in [2.75, 3.05) is 7.11 Å². The molecule has 1 aromatic carbocycles. The van der Waals surface area contributed by atoms with E-state index in [1.54, 1.807) is 45.0 Å². The summed E-state index contributed by atoms with van der Waals surface area (Å²) in [6.07, 6.45) is -0.654. The summed E-state index contributed by atoms with van der Waals surface area (Å²) >= 11 is 0. The molecule has 1 atom stereocenters. The third kappa shape index (κ3) is 5.27. The van der Waals surface area contributed by atoms with E-state index in [4.69, 9.17) is 9.47 Å². The van der Waals surface area contributed by atoms with E-state index in [1.807, 2.05) is 0 Å². The summed E-state index contributed by atoms with van der Waals surface area (Å²) in [6.45, 7) is 6.59. The molecule has 0 unspecified atom stereocenters. The van der Waals surface area contributed by atoms with Crippen molar-refractivity contribution < 1.29 is 24.2 Å². The first kappa shape index (κ1) is 17.8. The predicted octanol–water partition coefficient (Wildman–Crippen LogP) is 2.61. The number of benzene rings is 1. The average molecular weight is 309 g/mol.